The zero-order valence-corrected chi connectivity index (χ0v) is 14.2. The summed E-state index contributed by atoms with van der Waals surface area (Å²) in [5.74, 6) is -0.208. The first kappa shape index (κ1) is 17.0. The molecule has 0 fully saturated rings. The number of nitrogens with one attached hydrogen (secondary N) is 1. The fraction of sp³-hybridized carbons (Fsp3) is 0.235. The third-order valence-electron chi connectivity index (χ3n) is 3.58. The Morgan fingerprint density at radius 1 is 1.04 bits per heavy atom. The lowest BCUT2D eigenvalue weighted by molar-refractivity contribution is 0.102. The predicted molar refractivity (Wildman–Crippen MR) is 93.4 cm³/mol. The summed E-state index contributed by atoms with van der Waals surface area (Å²) in [7, 11) is -1.80. The number of nitrogens with zero attached hydrogens (tertiary/aromatic N) is 1. The lowest BCUT2D eigenvalue weighted by atomic mass is 10.2. The van der Waals surface area contributed by atoms with E-state index in [4.69, 9.17) is 0 Å². The van der Waals surface area contributed by atoms with Gasteiger partial charge in [0.05, 0.1) is 11.4 Å². The van der Waals surface area contributed by atoms with Crippen LogP contribution in [0.25, 0.3) is 0 Å². The summed E-state index contributed by atoms with van der Waals surface area (Å²) in [5.41, 5.74) is 2.83. The molecule has 122 valence electrons. The van der Waals surface area contributed by atoms with Gasteiger partial charge in [0.15, 0.2) is 0 Å². The molecule has 0 aromatic heterocycles. The smallest absolute Gasteiger partial charge is 0.255 e. The first-order valence-electron chi connectivity index (χ1n) is 7.28. The molecule has 0 unspecified atom stereocenters. The number of rotatable bonds is 5. The van der Waals surface area contributed by atoms with Gasteiger partial charge < -0.3 is 5.32 Å². The second-order valence-electron chi connectivity index (χ2n) is 5.24. The average Bonchev–Trinajstić information content (AvgIpc) is 2.56. The summed E-state index contributed by atoms with van der Waals surface area (Å²) in [6, 6.07) is 14.0. The standard InChI is InChI=1S/C17H20N2O3S/c1-4-23(21,22)19(3)16-11-7-14(8-12-16)17(20)18-15-9-5-13(2)6-10-15/h5-12H,4H2,1-3H3,(H,18,20). The van der Waals surface area contributed by atoms with Crippen LogP contribution in [0.1, 0.15) is 22.8 Å². The van der Waals surface area contributed by atoms with E-state index in [1.165, 1.54) is 11.4 Å². The van der Waals surface area contributed by atoms with Crippen molar-refractivity contribution in [3.63, 3.8) is 0 Å². The summed E-state index contributed by atoms with van der Waals surface area (Å²) in [5, 5.41) is 2.80. The van der Waals surface area contributed by atoms with E-state index in [1.54, 1.807) is 31.2 Å². The van der Waals surface area contributed by atoms with E-state index in [2.05, 4.69) is 5.32 Å². The van der Waals surface area contributed by atoms with E-state index in [-0.39, 0.29) is 11.7 Å². The van der Waals surface area contributed by atoms with Crippen molar-refractivity contribution in [1.29, 1.82) is 0 Å². The average molecular weight is 332 g/mol. The van der Waals surface area contributed by atoms with Crippen LogP contribution >= 0.6 is 0 Å². The van der Waals surface area contributed by atoms with Crippen molar-refractivity contribution in [3.8, 4) is 0 Å². The lowest BCUT2D eigenvalue weighted by Crippen LogP contribution is -2.28. The molecule has 1 N–H and O–H groups in total. The van der Waals surface area contributed by atoms with Gasteiger partial charge in [-0.25, -0.2) is 8.42 Å². The van der Waals surface area contributed by atoms with Crippen LogP contribution in [0.2, 0.25) is 0 Å². The van der Waals surface area contributed by atoms with Crippen LogP contribution in [0.4, 0.5) is 11.4 Å². The molecule has 0 saturated heterocycles. The molecule has 23 heavy (non-hydrogen) atoms. The number of hydrogen-bond acceptors (Lipinski definition) is 3. The summed E-state index contributed by atoms with van der Waals surface area (Å²) >= 11 is 0. The number of aryl methyl sites for hydroxylation is 1. The van der Waals surface area contributed by atoms with Crippen molar-refractivity contribution in [2.75, 3.05) is 22.4 Å². The Morgan fingerprint density at radius 2 is 1.61 bits per heavy atom. The van der Waals surface area contributed by atoms with Crippen molar-refractivity contribution in [3.05, 3.63) is 59.7 Å². The number of sulfonamides is 1. The van der Waals surface area contributed by atoms with E-state index < -0.39 is 10.0 Å². The Hall–Kier alpha value is -2.34. The van der Waals surface area contributed by atoms with Gasteiger partial charge in [-0.05, 0) is 50.2 Å². The van der Waals surface area contributed by atoms with Gasteiger partial charge in [-0.3, -0.25) is 9.10 Å². The summed E-state index contributed by atoms with van der Waals surface area (Å²) in [4.78, 5) is 12.2. The van der Waals surface area contributed by atoms with Gasteiger partial charge in [-0.2, -0.15) is 0 Å². The first-order chi connectivity index (χ1) is 10.8. The van der Waals surface area contributed by atoms with Crippen molar-refractivity contribution in [2.24, 2.45) is 0 Å². The molecule has 2 aromatic carbocycles. The lowest BCUT2D eigenvalue weighted by Gasteiger charge is -2.18. The molecule has 0 aliphatic heterocycles. The maximum absolute atomic E-state index is 12.2. The molecule has 0 spiro atoms. The fourth-order valence-corrected chi connectivity index (χ4v) is 2.85. The molecule has 0 aliphatic rings. The molecule has 6 heteroatoms. The Labute approximate surface area is 137 Å². The SMILES string of the molecule is CCS(=O)(=O)N(C)c1ccc(C(=O)Nc2ccc(C)cc2)cc1. The summed E-state index contributed by atoms with van der Waals surface area (Å²) in [6.07, 6.45) is 0. The molecule has 0 bridgehead atoms. The third kappa shape index (κ3) is 4.10. The molecule has 0 saturated carbocycles. The molecular weight excluding hydrogens is 312 g/mol. The van der Waals surface area contributed by atoms with Crippen LogP contribution in [0.3, 0.4) is 0 Å². The minimum atomic E-state index is -3.30. The minimum Gasteiger partial charge on any atom is -0.322 e. The molecule has 0 atom stereocenters. The monoisotopic (exact) mass is 332 g/mol. The van der Waals surface area contributed by atoms with Gasteiger partial charge >= 0.3 is 0 Å². The van der Waals surface area contributed by atoms with Crippen LogP contribution in [-0.4, -0.2) is 27.1 Å². The van der Waals surface area contributed by atoms with Crippen LogP contribution in [-0.2, 0) is 10.0 Å². The minimum absolute atomic E-state index is 0.0269. The van der Waals surface area contributed by atoms with Gasteiger partial charge in [0.2, 0.25) is 10.0 Å². The molecule has 5 nitrogen and oxygen atoms in total. The van der Waals surface area contributed by atoms with Crippen molar-refractivity contribution < 1.29 is 13.2 Å². The molecule has 2 rings (SSSR count). The molecule has 2 aromatic rings. The highest BCUT2D eigenvalue weighted by Crippen LogP contribution is 2.18. The van der Waals surface area contributed by atoms with Crippen molar-refractivity contribution in [2.45, 2.75) is 13.8 Å². The van der Waals surface area contributed by atoms with Crippen molar-refractivity contribution >= 4 is 27.3 Å². The van der Waals surface area contributed by atoms with Crippen LogP contribution in [0.15, 0.2) is 48.5 Å². The number of carbonyl (C=O) groups is 1. The Morgan fingerprint density at radius 3 is 2.13 bits per heavy atom. The summed E-state index contributed by atoms with van der Waals surface area (Å²) in [6.45, 7) is 3.57. The number of benzene rings is 2. The van der Waals surface area contributed by atoms with Gasteiger partial charge in [-0.15, -0.1) is 0 Å². The third-order valence-corrected chi connectivity index (χ3v) is 5.36. The maximum Gasteiger partial charge on any atom is 0.255 e. The van der Waals surface area contributed by atoms with E-state index in [1.807, 2.05) is 31.2 Å². The van der Waals surface area contributed by atoms with E-state index in [0.29, 0.717) is 11.3 Å². The topological polar surface area (TPSA) is 66.5 Å². The second-order valence-corrected chi connectivity index (χ2v) is 7.52. The van der Waals surface area contributed by atoms with Crippen LogP contribution < -0.4 is 9.62 Å². The van der Waals surface area contributed by atoms with Crippen molar-refractivity contribution in [1.82, 2.24) is 0 Å². The highest BCUT2D eigenvalue weighted by Gasteiger charge is 2.16. The largest absolute Gasteiger partial charge is 0.322 e. The molecule has 0 aliphatic carbocycles. The Bertz CT molecular complexity index is 782. The maximum atomic E-state index is 12.2. The fourth-order valence-electron chi connectivity index (χ4n) is 2.02. The quantitative estimate of drug-likeness (QED) is 0.915. The number of hydrogen-bond donors (Lipinski definition) is 1. The normalized spacial score (nSPS) is 11.1. The summed E-state index contributed by atoms with van der Waals surface area (Å²) < 4.78 is 24.9. The van der Waals surface area contributed by atoms with E-state index >= 15 is 0 Å². The molecule has 0 radical (unpaired) electrons. The van der Waals surface area contributed by atoms with Crippen LogP contribution in [0.5, 0.6) is 0 Å². The van der Waals surface area contributed by atoms with Gasteiger partial charge in [-0.1, -0.05) is 17.7 Å². The predicted octanol–water partition coefficient (Wildman–Crippen LogP) is 3.03. The first-order valence-corrected chi connectivity index (χ1v) is 8.89. The Balaban J connectivity index is 2.13. The van der Waals surface area contributed by atoms with Crippen LogP contribution in [0, 0.1) is 6.92 Å². The highest BCUT2D eigenvalue weighted by atomic mass is 32.2. The molecule has 0 heterocycles. The molecule has 1 amide bonds. The highest BCUT2D eigenvalue weighted by molar-refractivity contribution is 7.92. The number of amides is 1. The second kappa shape index (κ2) is 6.83. The van der Waals surface area contributed by atoms with Gasteiger partial charge in [0.1, 0.15) is 0 Å². The zero-order chi connectivity index (χ0) is 17.0. The van der Waals surface area contributed by atoms with E-state index in [9.17, 15) is 13.2 Å². The number of carbonyl (C=O) groups excluding carboxylic acids is 1. The molecular formula is C17H20N2O3S. The van der Waals surface area contributed by atoms with Gasteiger partial charge in [0, 0.05) is 18.3 Å². The van der Waals surface area contributed by atoms with E-state index in [0.717, 1.165) is 11.3 Å². The Kier molecular flexibility index (Phi) is 5.05. The van der Waals surface area contributed by atoms with Gasteiger partial charge in [0.25, 0.3) is 5.91 Å². The zero-order valence-electron chi connectivity index (χ0n) is 13.4. The number of anilines is 2.